The zero-order valence-electron chi connectivity index (χ0n) is 20.2. The highest BCUT2D eigenvalue weighted by atomic mass is 32.1. The van der Waals surface area contributed by atoms with Crippen LogP contribution in [-0.4, -0.2) is 68.5 Å². The molecule has 3 aromatic heterocycles. The van der Waals surface area contributed by atoms with Crippen molar-refractivity contribution in [2.45, 2.75) is 57.5 Å². The van der Waals surface area contributed by atoms with Crippen LogP contribution >= 0.6 is 11.3 Å². The standard InChI is InChI=1S/C25H31N7O2S/c1-15(16-3-4-16)30(2)21-13-20(28-22(29-21)19-14-26-32-11-12-35-25(19)32)24(34)31-9-7-18(8-10-31)27-23(33)17-5-6-17/h11-18H,3-10H2,1-2H3,(H,27,33). The highest BCUT2D eigenvalue weighted by Crippen LogP contribution is 2.36. The highest BCUT2D eigenvalue weighted by molar-refractivity contribution is 7.16. The lowest BCUT2D eigenvalue weighted by molar-refractivity contribution is -0.123. The third kappa shape index (κ3) is 4.51. The summed E-state index contributed by atoms with van der Waals surface area (Å²) in [6.07, 6.45) is 9.71. The summed E-state index contributed by atoms with van der Waals surface area (Å²) in [4.78, 5) is 40.3. The largest absolute Gasteiger partial charge is 0.357 e. The Balaban J connectivity index is 1.25. The minimum absolute atomic E-state index is 0.0797. The van der Waals surface area contributed by atoms with Gasteiger partial charge in [-0.05, 0) is 51.4 Å². The summed E-state index contributed by atoms with van der Waals surface area (Å²) in [5.74, 6) is 2.27. The SMILES string of the molecule is CC(C1CC1)N(C)c1cc(C(=O)N2CCC(NC(=O)C3CC3)CC2)nc(-c2cnn3ccsc23)n1. The Morgan fingerprint density at radius 1 is 1.14 bits per heavy atom. The average molecular weight is 494 g/mol. The van der Waals surface area contributed by atoms with Crippen molar-refractivity contribution < 1.29 is 9.59 Å². The van der Waals surface area contributed by atoms with Crippen LogP contribution in [0.5, 0.6) is 0 Å². The smallest absolute Gasteiger partial charge is 0.272 e. The van der Waals surface area contributed by atoms with Crippen molar-refractivity contribution in [1.82, 2.24) is 29.8 Å². The van der Waals surface area contributed by atoms with E-state index >= 15 is 0 Å². The average Bonchev–Trinajstić information content (AvgIpc) is 3.80. The molecule has 3 aromatic rings. The van der Waals surface area contributed by atoms with E-state index in [1.807, 2.05) is 27.1 Å². The summed E-state index contributed by atoms with van der Waals surface area (Å²) in [6, 6.07) is 2.33. The number of piperidine rings is 1. The van der Waals surface area contributed by atoms with Gasteiger partial charge >= 0.3 is 0 Å². The summed E-state index contributed by atoms with van der Waals surface area (Å²) < 4.78 is 1.81. The van der Waals surface area contributed by atoms with Gasteiger partial charge in [0.15, 0.2) is 5.82 Å². The lowest BCUT2D eigenvalue weighted by Crippen LogP contribution is -2.47. The first-order chi connectivity index (χ1) is 17.0. The molecule has 0 spiro atoms. The van der Waals surface area contributed by atoms with Crippen LogP contribution in [0.15, 0.2) is 23.8 Å². The number of carbonyl (C=O) groups excluding carboxylic acids is 2. The number of thiazole rings is 1. The van der Waals surface area contributed by atoms with Gasteiger partial charge in [-0.25, -0.2) is 14.5 Å². The fourth-order valence-corrected chi connectivity index (χ4v) is 5.67. The van der Waals surface area contributed by atoms with E-state index in [1.165, 1.54) is 12.8 Å². The number of amides is 2. The Bertz CT molecular complexity index is 1250. The van der Waals surface area contributed by atoms with Crippen LogP contribution < -0.4 is 10.2 Å². The number of carbonyl (C=O) groups is 2. The van der Waals surface area contributed by atoms with Crippen LogP contribution in [0.1, 0.15) is 55.9 Å². The Kier molecular flexibility index (Phi) is 5.70. The molecule has 3 aliphatic rings. The molecule has 10 heteroatoms. The van der Waals surface area contributed by atoms with E-state index < -0.39 is 0 Å². The predicted octanol–water partition coefficient (Wildman–Crippen LogP) is 3.22. The highest BCUT2D eigenvalue weighted by Gasteiger charge is 2.34. The molecule has 1 unspecified atom stereocenters. The third-order valence-electron chi connectivity index (χ3n) is 7.66. The maximum Gasteiger partial charge on any atom is 0.272 e. The van der Waals surface area contributed by atoms with Gasteiger partial charge < -0.3 is 15.1 Å². The Morgan fingerprint density at radius 3 is 2.63 bits per heavy atom. The number of nitrogens with zero attached hydrogens (tertiary/aromatic N) is 6. The summed E-state index contributed by atoms with van der Waals surface area (Å²) in [5, 5.41) is 9.56. The van der Waals surface area contributed by atoms with Crippen LogP contribution in [0.25, 0.3) is 16.2 Å². The van der Waals surface area contributed by atoms with Crippen molar-refractivity contribution in [2.24, 2.45) is 11.8 Å². The van der Waals surface area contributed by atoms with Crippen molar-refractivity contribution in [2.75, 3.05) is 25.0 Å². The molecular formula is C25H31N7O2S. The quantitative estimate of drug-likeness (QED) is 0.543. The van der Waals surface area contributed by atoms with Gasteiger partial charge in [0.05, 0.1) is 11.8 Å². The van der Waals surface area contributed by atoms with E-state index in [-0.39, 0.29) is 23.8 Å². The lowest BCUT2D eigenvalue weighted by Gasteiger charge is -2.32. The second kappa shape index (κ2) is 8.89. The normalized spacial score (nSPS) is 19.7. The van der Waals surface area contributed by atoms with Gasteiger partial charge in [0, 0.05) is 55.8 Å². The molecule has 35 heavy (non-hydrogen) atoms. The minimum Gasteiger partial charge on any atom is -0.357 e. The predicted molar refractivity (Wildman–Crippen MR) is 134 cm³/mol. The molecule has 1 aliphatic heterocycles. The molecule has 0 aromatic carbocycles. The minimum atomic E-state index is -0.0797. The number of aromatic nitrogens is 4. The second-order valence-corrected chi connectivity index (χ2v) is 11.1. The number of nitrogens with one attached hydrogen (secondary N) is 1. The maximum absolute atomic E-state index is 13.6. The van der Waals surface area contributed by atoms with Gasteiger partial charge in [0.25, 0.3) is 5.91 Å². The van der Waals surface area contributed by atoms with E-state index in [9.17, 15) is 9.59 Å². The molecule has 1 saturated heterocycles. The van der Waals surface area contributed by atoms with Crippen LogP contribution in [0.3, 0.4) is 0 Å². The molecule has 2 amide bonds. The summed E-state index contributed by atoms with van der Waals surface area (Å²) >= 11 is 1.58. The number of hydrogen-bond acceptors (Lipinski definition) is 7. The van der Waals surface area contributed by atoms with E-state index in [0.717, 1.165) is 41.9 Å². The first-order valence-corrected chi connectivity index (χ1v) is 13.5. The zero-order chi connectivity index (χ0) is 24.1. The monoisotopic (exact) mass is 493 g/mol. The Labute approximate surface area is 208 Å². The van der Waals surface area contributed by atoms with E-state index in [1.54, 1.807) is 17.5 Å². The van der Waals surface area contributed by atoms with Crippen molar-refractivity contribution in [1.29, 1.82) is 0 Å². The van der Waals surface area contributed by atoms with E-state index in [0.29, 0.717) is 36.6 Å². The second-order valence-electron chi connectivity index (χ2n) is 10.2. The molecule has 4 heterocycles. The molecule has 1 N–H and O–H groups in total. The molecule has 6 rings (SSSR count). The van der Waals surface area contributed by atoms with Gasteiger partial charge in [-0.3, -0.25) is 9.59 Å². The number of hydrogen-bond donors (Lipinski definition) is 1. The molecule has 1 atom stereocenters. The van der Waals surface area contributed by atoms with Gasteiger partial charge in [-0.2, -0.15) is 5.10 Å². The van der Waals surface area contributed by atoms with Gasteiger partial charge in [0.1, 0.15) is 16.3 Å². The molecule has 2 saturated carbocycles. The van der Waals surface area contributed by atoms with Crippen LogP contribution in [-0.2, 0) is 4.79 Å². The van der Waals surface area contributed by atoms with Crippen molar-refractivity contribution >= 4 is 33.8 Å². The number of fused-ring (bicyclic) bond motifs is 1. The summed E-state index contributed by atoms with van der Waals surface area (Å²) in [6.45, 7) is 3.44. The molecule has 0 bridgehead atoms. The Morgan fingerprint density at radius 2 is 1.91 bits per heavy atom. The third-order valence-corrected chi connectivity index (χ3v) is 8.55. The number of rotatable bonds is 7. The first-order valence-electron chi connectivity index (χ1n) is 12.6. The van der Waals surface area contributed by atoms with E-state index in [2.05, 4.69) is 29.3 Å². The summed E-state index contributed by atoms with van der Waals surface area (Å²) in [5.41, 5.74) is 1.25. The van der Waals surface area contributed by atoms with Crippen LogP contribution in [0, 0.1) is 11.8 Å². The van der Waals surface area contributed by atoms with Crippen LogP contribution in [0.4, 0.5) is 5.82 Å². The zero-order valence-corrected chi connectivity index (χ0v) is 21.0. The van der Waals surface area contributed by atoms with Crippen LogP contribution in [0.2, 0.25) is 0 Å². The Hall–Kier alpha value is -3.01. The van der Waals surface area contributed by atoms with Crippen molar-refractivity contribution in [3.05, 3.63) is 29.5 Å². The number of likely N-dealkylation sites (tertiary alicyclic amines) is 1. The van der Waals surface area contributed by atoms with E-state index in [4.69, 9.17) is 9.97 Å². The molecule has 3 fully saturated rings. The van der Waals surface area contributed by atoms with Gasteiger partial charge in [-0.1, -0.05) is 0 Å². The maximum atomic E-state index is 13.6. The first kappa shape index (κ1) is 22.5. The van der Waals surface area contributed by atoms with Crippen molar-refractivity contribution in [3.63, 3.8) is 0 Å². The lowest BCUT2D eigenvalue weighted by atomic mass is 10.0. The fraction of sp³-hybridized carbons (Fsp3) is 0.560. The molecule has 2 aliphatic carbocycles. The molecule has 0 radical (unpaired) electrons. The fourth-order valence-electron chi connectivity index (χ4n) is 4.88. The van der Waals surface area contributed by atoms with Gasteiger partial charge in [-0.15, -0.1) is 11.3 Å². The molecule has 9 nitrogen and oxygen atoms in total. The molecular weight excluding hydrogens is 462 g/mol. The summed E-state index contributed by atoms with van der Waals surface area (Å²) in [7, 11) is 2.05. The molecule has 184 valence electrons. The number of anilines is 1. The van der Waals surface area contributed by atoms with Crippen molar-refractivity contribution in [3.8, 4) is 11.4 Å². The topological polar surface area (TPSA) is 95.7 Å². The van der Waals surface area contributed by atoms with Gasteiger partial charge in [0.2, 0.25) is 5.91 Å².